The number of benzene rings is 1. The Morgan fingerprint density at radius 3 is 2.90 bits per heavy atom. The van der Waals surface area contributed by atoms with Crippen LogP contribution in [0.3, 0.4) is 0 Å². The number of fused-ring (bicyclic) bond motifs is 1. The third kappa shape index (κ3) is 3.26. The van der Waals surface area contributed by atoms with E-state index in [0.29, 0.717) is 12.2 Å². The molecule has 0 bridgehead atoms. The van der Waals surface area contributed by atoms with Gasteiger partial charge in [-0.1, -0.05) is 18.2 Å². The van der Waals surface area contributed by atoms with Gasteiger partial charge in [-0.25, -0.2) is 9.97 Å². The van der Waals surface area contributed by atoms with Gasteiger partial charge >= 0.3 is 5.97 Å². The standard InChI is InChI=1S/C14H17N3O2S/c1-14(15,13(18)19-2)7-8-20-12-10-5-3-4-6-11(10)16-9-17-12/h3-6,9H,7-8,15H2,1-2H3. The number of nitrogens with zero attached hydrogens (tertiary/aromatic N) is 2. The van der Waals surface area contributed by atoms with Gasteiger partial charge in [0.25, 0.3) is 0 Å². The van der Waals surface area contributed by atoms with Gasteiger partial charge in [-0.2, -0.15) is 0 Å². The van der Waals surface area contributed by atoms with Crippen LogP contribution in [-0.2, 0) is 9.53 Å². The van der Waals surface area contributed by atoms with Crippen LogP contribution in [0.25, 0.3) is 10.9 Å². The summed E-state index contributed by atoms with van der Waals surface area (Å²) in [6.45, 7) is 1.68. The largest absolute Gasteiger partial charge is 0.468 e. The van der Waals surface area contributed by atoms with E-state index < -0.39 is 11.5 Å². The van der Waals surface area contributed by atoms with Crippen molar-refractivity contribution in [3.8, 4) is 0 Å². The molecule has 0 radical (unpaired) electrons. The maximum Gasteiger partial charge on any atom is 0.325 e. The molecule has 0 aliphatic heterocycles. The van der Waals surface area contributed by atoms with E-state index in [4.69, 9.17) is 5.73 Å². The first-order valence-electron chi connectivity index (χ1n) is 6.24. The van der Waals surface area contributed by atoms with Crippen molar-refractivity contribution in [2.45, 2.75) is 23.9 Å². The third-order valence-electron chi connectivity index (χ3n) is 3.02. The molecule has 106 valence electrons. The number of thioether (sulfide) groups is 1. The Labute approximate surface area is 121 Å². The van der Waals surface area contributed by atoms with Crippen molar-refractivity contribution in [3.05, 3.63) is 30.6 Å². The van der Waals surface area contributed by atoms with E-state index in [-0.39, 0.29) is 0 Å². The molecule has 1 aromatic carbocycles. The Hall–Kier alpha value is -1.66. The summed E-state index contributed by atoms with van der Waals surface area (Å²) in [5, 5.41) is 1.91. The van der Waals surface area contributed by atoms with Gasteiger partial charge in [-0.15, -0.1) is 11.8 Å². The fraction of sp³-hybridized carbons (Fsp3) is 0.357. The zero-order valence-electron chi connectivity index (χ0n) is 11.5. The summed E-state index contributed by atoms with van der Waals surface area (Å²) in [7, 11) is 1.35. The van der Waals surface area contributed by atoms with Crippen LogP contribution in [0.2, 0.25) is 0 Å². The Kier molecular flexibility index (Phi) is 4.57. The average molecular weight is 291 g/mol. The molecule has 0 spiro atoms. The lowest BCUT2D eigenvalue weighted by Crippen LogP contribution is -2.46. The number of ether oxygens (including phenoxy) is 1. The minimum absolute atomic E-state index is 0.398. The van der Waals surface area contributed by atoms with E-state index in [2.05, 4.69) is 14.7 Å². The molecule has 2 rings (SSSR count). The van der Waals surface area contributed by atoms with Crippen LogP contribution in [0.5, 0.6) is 0 Å². The summed E-state index contributed by atoms with van der Waals surface area (Å²) < 4.78 is 4.69. The predicted octanol–water partition coefficient (Wildman–Crippen LogP) is 2.00. The molecular weight excluding hydrogens is 274 g/mol. The van der Waals surface area contributed by atoms with Gasteiger partial charge in [-0.05, 0) is 19.4 Å². The summed E-state index contributed by atoms with van der Waals surface area (Å²) in [4.78, 5) is 20.0. The zero-order valence-corrected chi connectivity index (χ0v) is 12.3. The molecule has 0 saturated heterocycles. The monoisotopic (exact) mass is 291 g/mol. The van der Waals surface area contributed by atoms with E-state index in [9.17, 15) is 4.79 Å². The summed E-state index contributed by atoms with van der Waals surface area (Å²) in [5.41, 5.74) is 5.87. The van der Waals surface area contributed by atoms with E-state index in [1.807, 2.05) is 24.3 Å². The highest BCUT2D eigenvalue weighted by molar-refractivity contribution is 7.99. The van der Waals surface area contributed by atoms with E-state index in [0.717, 1.165) is 15.9 Å². The van der Waals surface area contributed by atoms with Gasteiger partial charge in [0, 0.05) is 11.1 Å². The van der Waals surface area contributed by atoms with Gasteiger partial charge in [0.2, 0.25) is 0 Å². The molecule has 1 heterocycles. The minimum atomic E-state index is -0.968. The number of aromatic nitrogens is 2. The van der Waals surface area contributed by atoms with Crippen LogP contribution < -0.4 is 5.73 Å². The lowest BCUT2D eigenvalue weighted by atomic mass is 10.0. The van der Waals surface area contributed by atoms with Crippen molar-refractivity contribution in [2.24, 2.45) is 5.73 Å². The first kappa shape index (κ1) is 14.7. The van der Waals surface area contributed by atoms with Crippen LogP contribution >= 0.6 is 11.8 Å². The summed E-state index contributed by atoms with van der Waals surface area (Å²) >= 11 is 1.57. The summed E-state index contributed by atoms with van der Waals surface area (Å²) in [5.74, 6) is 0.286. The number of hydrogen-bond donors (Lipinski definition) is 1. The zero-order chi connectivity index (χ0) is 14.6. The molecule has 2 aromatic rings. The minimum Gasteiger partial charge on any atom is -0.468 e. The van der Waals surface area contributed by atoms with Gasteiger partial charge < -0.3 is 10.5 Å². The highest BCUT2D eigenvalue weighted by Crippen LogP contribution is 2.26. The number of rotatable bonds is 5. The molecule has 0 amide bonds. The van der Waals surface area contributed by atoms with E-state index in [1.54, 1.807) is 25.0 Å². The molecule has 5 nitrogen and oxygen atoms in total. The second-order valence-corrected chi connectivity index (χ2v) is 5.79. The molecule has 0 aliphatic rings. The van der Waals surface area contributed by atoms with E-state index in [1.165, 1.54) is 7.11 Å². The van der Waals surface area contributed by atoms with Crippen LogP contribution in [-0.4, -0.2) is 34.3 Å². The molecule has 20 heavy (non-hydrogen) atoms. The first-order chi connectivity index (χ1) is 9.54. The Morgan fingerprint density at radius 2 is 2.15 bits per heavy atom. The van der Waals surface area contributed by atoms with Crippen molar-refractivity contribution in [1.82, 2.24) is 9.97 Å². The van der Waals surface area contributed by atoms with Crippen molar-refractivity contribution < 1.29 is 9.53 Å². The number of para-hydroxylation sites is 1. The van der Waals surface area contributed by atoms with Crippen LogP contribution in [0, 0.1) is 0 Å². The summed E-state index contributed by atoms with van der Waals surface area (Å²) in [6, 6.07) is 7.83. The number of hydrogen-bond acceptors (Lipinski definition) is 6. The molecule has 6 heteroatoms. The molecule has 1 aromatic heterocycles. The molecular formula is C14H17N3O2S. The van der Waals surface area contributed by atoms with Crippen molar-refractivity contribution in [1.29, 1.82) is 0 Å². The quantitative estimate of drug-likeness (QED) is 0.516. The average Bonchev–Trinajstić information content (AvgIpc) is 2.46. The Morgan fingerprint density at radius 1 is 1.40 bits per heavy atom. The molecule has 1 unspecified atom stereocenters. The van der Waals surface area contributed by atoms with Gasteiger partial charge in [-0.3, -0.25) is 4.79 Å². The van der Waals surface area contributed by atoms with Crippen molar-refractivity contribution in [3.63, 3.8) is 0 Å². The van der Waals surface area contributed by atoms with Gasteiger partial charge in [0.05, 0.1) is 12.6 Å². The molecule has 0 fully saturated rings. The smallest absolute Gasteiger partial charge is 0.325 e. The number of carbonyl (C=O) groups excluding carboxylic acids is 1. The second-order valence-electron chi connectivity index (χ2n) is 4.70. The number of methoxy groups -OCH3 is 1. The Balaban J connectivity index is 2.05. The molecule has 2 N–H and O–H groups in total. The number of nitrogens with two attached hydrogens (primary N) is 1. The van der Waals surface area contributed by atoms with Gasteiger partial charge in [0.1, 0.15) is 16.9 Å². The van der Waals surface area contributed by atoms with Gasteiger partial charge in [0.15, 0.2) is 0 Å². The van der Waals surface area contributed by atoms with Crippen LogP contribution in [0.15, 0.2) is 35.6 Å². The maximum absolute atomic E-state index is 11.5. The Bertz CT molecular complexity index is 611. The third-order valence-corrected chi connectivity index (χ3v) is 4.03. The number of esters is 1. The SMILES string of the molecule is COC(=O)C(C)(N)CCSc1ncnc2ccccc12. The lowest BCUT2D eigenvalue weighted by Gasteiger charge is -2.20. The molecule has 1 atom stereocenters. The first-order valence-corrected chi connectivity index (χ1v) is 7.23. The molecule has 0 saturated carbocycles. The number of carbonyl (C=O) groups is 1. The topological polar surface area (TPSA) is 78.1 Å². The van der Waals surface area contributed by atoms with E-state index >= 15 is 0 Å². The maximum atomic E-state index is 11.5. The predicted molar refractivity (Wildman–Crippen MR) is 79.5 cm³/mol. The fourth-order valence-corrected chi connectivity index (χ4v) is 2.96. The van der Waals surface area contributed by atoms with Crippen molar-refractivity contribution in [2.75, 3.05) is 12.9 Å². The normalized spacial score (nSPS) is 13.9. The van der Waals surface area contributed by atoms with Crippen LogP contribution in [0.4, 0.5) is 0 Å². The highest BCUT2D eigenvalue weighted by atomic mass is 32.2. The van der Waals surface area contributed by atoms with Crippen LogP contribution in [0.1, 0.15) is 13.3 Å². The fourth-order valence-electron chi connectivity index (χ4n) is 1.79. The van der Waals surface area contributed by atoms with Crippen molar-refractivity contribution >= 4 is 28.6 Å². The lowest BCUT2D eigenvalue weighted by molar-refractivity contribution is -0.146. The highest BCUT2D eigenvalue weighted by Gasteiger charge is 2.28. The second kappa shape index (κ2) is 6.19. The molecule has 0 aliphatic carbocycles. The summed E-state index contributed by atoms with van der Waals surface area (Å²) in [6.07, 6.45) is 2.06.